The monoisotopic (exact) mass is 548 g/mol. The first-order valence-electron chi connectivity index (χ1n) is 11.5. The number of hydrogen-bond donors (Lipinski definition) is 2. The van der Waals surface area contributed by atoms with Gasteiger partial charge in [0.2, 0.25) is 11.8 Å². The summed E-state index contributed by atoms with van der Waals surface area (Å²) in [7, 11) is 2.91. The maximum Gasteiger partial charge on any atom is 0.490 e. The molecule has 4 unspecified atom stereocenters. The number of benzene rings is 1. The van der Waals surface area contributed by atoms with Crippen LogP contribution in [0.3, 0.4) is 0 Å². The Morgan fingerprint density at radius 1 is 1.22 bits per heavy atom. The number of hydrogen-bond acceptors (Lipinski definition) is 8. The number of thioether (sulfide) groups is 1. The second kappa shape index (κ2) is 11.7. The molecule has 206 valence electrons. The van der Waals surface area contributed by atoms with E-state index in [1.54, 1.807) is 32.7 Å². The van der Waals surface area contributed by atoms with Gasteiger partial charge in [0.05, 0.1) is 26.1 Å². The number of methoxy groups -OCH3 is 2. The summed E-state index contributed by atoms with van der Waals surface area (Å²) in [5.74, 6) is -4.64. The van der Waals surface area contributed by atoms with E-state index in [2.05, 4.69) is 19.2 Å². The van der Waals surface area contributed by atoms with Crippen LogP contribution in [0.2, 0.25) is 0 Å². The van der Waals surface area contributed by atoms with Crippen LogP contribution in [0.25, 0.3) is 0 Å². The summed E-state index contributed by atoms with van der Waals surface area (Å²) >= 11 is 1.73. The Morgan fingerprint density at radius 3 is 2.27 bits per heavy atom. The van der Waals surface area contributed by atoms with Gasteiger partial charge in [0.25, 0.3) is 0 Å². The number of esters is 1. The molecule has 0 radical (unpaired) electrons. The van der Waals surface area contributed by atoms with E-state index in [1.807, 2.05) is 18.2 Å². The summed E-state index contributed by atoms with van der Waals surface area (Å²) in [6.45, 7) is 7.98. The Hall–Kier alpha value is -2.80. The van der Waals surface area contributed by atoms with Crippen molar-refractivity contribution < 1.29 is 46.9 Å². The summed E-state index contributed by atoms with van der Waals surface area (Å²) in [6.07, 6.45) is -4.05. The third-order valence-corrected chi connectivity index (χ3v) is 7.82. The summed E-state index contributed by atoms with van der Waals surface area (Å²) < 4.78 is 42.3. The third kappa shape index (κ3) is 6.03. The zero-order chi connectivity index (χ0) is 28.3. The van der Waals surface area contributed by atoms with Crippen molar-refractivity contribution in [1.29, 1.82) is 0 Å². The van der Waals surface area contributed by atoms with E-state index in [1.165, 1.54) is 12.0 Å². The lowest BCUT2D eigenvalue weighted by Crippen LogP contribution is -2.53. The van der Waals surface area contributed by atoms with Crippen LogP contribution in [-0.4, -0.2) is 71.5 Å². The predicted molar refractivity (Wildman–Crippen MR) is 128 cm³/mol. The minimum Gasteiger partial charge on any atom is -0.496 e. The Labute approximate surface area is 217 Å². The molecule has 0 saturated carbocycles. The number of carboxylic acid groups (broad SMARTS) is 1. The standard InChI is InChI=1S/C22H30N2O5S.C2HF3O2/c1-7-12(3)30-15-10-9-13(11-14(15)28-5)18-16-17(20(26)24(8-2)19(16)25)22(4,23-18)21(27)29-6;3-2(4,5)1(6)7/h9-12,16-18,23H,7-8H2,1-6H3;(H,6,7)/t12?,16?,17?,18?,22-;/m1./s1. The molecule has 1 aromatic carbocycles. The second-order valence-electron chi connectivity index (χ2n) is 8.79. The van der Waals surface area contributed by atoms with E-state index >= 15 is 0 Å². The number of imide groups is 1. The zero-order valence-electron chi connectivity index (χ0n) is 21.3. The lowest BCUT2D eigenvalue weighted by molar-refractivity contribution is -0.192. The Kier molecular flexibility index (Phi) is 9.64. The van der Waals surface area contributed by atoms with E-state index in [9.17, 15) is 27.6 Å². The SMILES string of the molecule is CCC(C)Sc1ccc(C2N[C@@](C)(C(=O)OC)C3C(=O)N(CC)C(=O)C23)cc1OC.O=C(O)C(F)(F)F. The topological polar surface area (TPSA) is 122 Å². The van der Waals surface area contributed by atoms with Gasteiger partial charge in [-0.3, -0.25) is 24.6 Å². The van der Waals surface area contributed by atoms with E-state index in [4.69, 9.17) is 19.4 Å². The largest absolute Gasteiger partial charge is 0.496 e. The van der Waals surface area contributed by atoms with E-state index in [0.29, 0.717) is 11.0 Å². The third-order valence-electron chi connectivity index (χ3n) is 6.50. The van der Waals surface area contributed by atoms with Crippen LogP contribution in [-0.2, 0) is 23.9 Å². The minimum absolute atomic E-state index is 0.255. The van der Waals surface area contributed by atoms with Crippen LogP contribution in [0, 0.1) is 11.8 Å². The number of halogens is 3. The van der Waals surface area contributed by atoms with Gasteiger partial charge in [0.15, 0.2) is 0 Å². The van der Waals surface area contributed by atoms with E-state index in [-0.39, 0.29) is 18.4 Å². The summed E-state index contributed by atoms with van der Waals surface area (Å²) in [4.78, 5) is 49.9. The molecule has 0 aliphatic carbocycles. The van der Waals surface area contributed by atoms with Gasteiger partial charge in [-0.05, 0) is 38.0 Å². The van der Waals surface area contributed by atoms with Crippen LogP contribution in [0.5, 0.6) is 5.75 Å². The maximum absolute atomic E-state index is 13.1. The Balaban J connectivity index is 0.000000604. The number of nitrogens with one attached hydrogen (secondary N) is 1. The highest BCUT2D eigenvalue weighted by molar-refractivity contribution is 8.00. The number of fused-ring (bicyclic) bond motifs is 1. The molecule has 9 nitrogen and oxygen atoms in total. The average Bonchev–Trinajstić information content (AvgIpc) is 3.31. The molecule has 2 N–H and O–H groups in total. The molecule has 2 fully saturated rings. The van der Waals surface area contributed by atoms with Crippen molar-refractivity contribution in [3.63, 3.8) is 0 Å². The van der Waals surface area contributed by atoms with Gasteiger partial charge in [-0.15, -0.1) is 11.8 Å². The first-order valence-corrected chi connectivity index (χ1v) is 12.4. The van der Waals surface area contributed by atoms with Crippen LogP contribution in [0.1, 0.15) is 45.7 Å². The number of aliphatic carboxylic acids is 1. The normalized spacial score (nSPS) is 25.8. The highest BCUT2D eigenvalue weighted by Crippen LogP contribution is 2.49. The second-order valence-corrected chi connectivity index (χ2v) is 10.3. The molecule has 2 heterocycles. The number of carbonyl (C=O) groups excluding carboxylic acids is 3. The molecule has 13 heteroatoms. The van der Waals surface area contributed by atoms with Crippen molar-refractivity contribution in [3.8, 4) is 5.75 Å². The predicted octanol–water partition coefficient (Wildman–Crippen LogP) is 3.42. The van der Waals surface area contributed by atoms with Gasteiger partial charge in [-0.25, -0.2) is 4.79 Å². The zero-order valence-corrected chi connectivity index (χ0v) is 22.2. The van der Waals surface area contributed by atoms with Crippen LogP contribution < -0.4 is 10.1 Å². The van der Waals surface area contributed by atoms with Crippen LogP contribution in [0.15, 0.2) is 23.1 Å². The van der Waals surface area contributed by atoms with Gasteiger partial charge in [-0.1, -0.05) is 19.9 Å². The lowest BCUT2D eigenvalue weighted by atomic mass is 9.80. The summed E-state index contributed by atoms with van der Waals surface area (Å²) in [5.41, 5.74) is -0.472. The molecule has 1 aromatic rings. The quantitative estimate of drug-likeness (QED) is 0.300. The molecule has 5 atom stereocenters. The number of ether oxygens (including phenoxy) is 2. The summed E-state index contributed by atoms with van der Waals surface area (Å²) in [5, 5.41) is 10.8. The maximum atomic E-state index is 13.1. The van der Waals surface area contributed by atoms with E-state index in [0.717, 1.165) is 16.9 Å². The number of alkyl halides is 3. The highest BCUT2D eigenvalue weighted by Gasteiger charge is 2.66. The lowest BCUT2D eigenvalue weighted by Gasteiger charge is -2.28. The number of carbonyl (C=O) groups is 4. The minimum atomic E-state index is -5.08. The fourth-order valence-electron chi connectivity index (χ4n) is 4.47. The highest BCUT2D eigenvalue weighted by atomic mass is 32.2. The van der Waals surface area contributed by atoms with Crippen molar-refractivity contribution in [2.45, 2.75) is 62.0 Å². The van der Waals surface area contributed by atoms with Crippen molar-refractivity contribution >= 4 is 35.5 Å². The Morgan fingerprint density at radius 2 is 1.81 bits per heavy atom. The van der Waals surface area contributed by atoms with Crippen molar-refractivity contribution in [3.05, 3.63) is 23.8 Å². The fraction of sp³-hybridized carbons (Fsp3) is 0.583. The molecule has 0 spiro atoms. The summed E-state index contributed by atoms with van der Waals surface area (Å²) in [6, 6.07) is 5.32. The van der Waals surface area contributed by atoms with Gasteiger partial charge in [-0.2, -0.15) is 13.2 Å². The molecule has 2 aliphatic heterocycles. The molecule has 3 rings (SSSR count). The molecule has 0 bridgehead atoms. The number of amides is 2. The first kappa shape index (κ1) is 30.4. The van der Waals surface area contributed by atoms with Crippen LogP contribution >= 0.6 is 11.8 Å². The van der Waals surface area contributed by atoms with E-state index < -0.39 is 41.5 Å². The van der Waals surface area contributed by atoms with Gasteiger partial charge >= 0.3 is 18.1 Å². The molecular formula is C24H31F3N2O7S. The number of nitrogens with zero attached hydrogens (tertiary/aromatic N) is 1. The fourth-order valence-corrected chi connectivity index (χ4v) is 5.48. The van der Waals surface area contributed by atoms with Crippen molar-refractivity contribution in [2.75, 3.05) is 20.8 Å². The van der Waals surface area contributed by atoms with Gasteiger partial charge in [0, 0.05) is 22.7 Å². The molecule has 2 aliphatic rings. The van der Waals surface area contributed by atoms with Gasteiger partial charge < -0.3 is 14.6 Å². The first-order chi connectivity index (χ1) is 17.2. The molecule has 0 aromatic heterocycles. The number of rotatable bonds is 7. The molecular weight excluding hydrogens is 517 g/mol. The number of likely N-dealkylation sites (tertiary alicyclic amines) is 1. The van der Waals surface area contributed by atoms with Crippen molar-refractivity contribution in [1.82, 2.24) is 10.2 Å². The number of carboxylic acids is 1. The molecule has 2 saturated heterocycles. The van der Waals surface area contributed by atoms with Crippen LogP contribution in [0.4, 0.5) is 13.2 Å². The molecule has 37 heavy (non-hydrogen) atoms. The molecule has 2 amide bonds. The average molecular weight is 549 g/mol. The Bertz CT molecular complexity index is 1050. The smallest absolute Gasteiger partial charge is 0.490 e. The van der Waals surface area contributed by atoms with Crippen molar-refractivity contribution in [2.24, 2.45) is 11.8 Å². The van der Waals surface area contributed by atoms with Gasteiger partial charge in [0.1, 0.15) is 11.3 Å².